The van der Waals surface area contributed by atoms with Crippen LogP contribution in [0, 0.1) is 27.7 Å². The second-order valence-corrected chi connectivity index (χ2v) is 7.83. The molecule has 132 valence electrons. The van der Waals surface area contributed by atoms with Gasteiger partial charge in [0.2, 0.25) is 5.89 Å². The summed E-state index contributed by atoms with van der Waals surface area (Å²) >= 11 is 5.97. The summed E-state index contributed by atoms with van der Waals surface area (Å²) in [6.45, 7) is 6.84. The minimum absolute atomic E-state index is 0.151. The number of nitrogens with zero attached hydrogens (tertiary/aromatic N) is 2. The standard InChI is InChI=1S/C16H17ClN4O3S/c1-8-5-6-12(17)7-13(8)21-25(22,23)15-9(2)14(18-10(15)3)16-20-19-11(4)24-16/h5-7,18,21H,1-4H3. The van der Waals surface area contributed by atoms with Crippen LogP contribution in [-0.4, -0.2) is 23.6 Å². The quantitative estimate of drug-likeness (QED) is 0.717. The molecule has 0 saturated heterocycles. The first kappa shape index (κ1) is 17.5. The van der Waals surface area contributed by atoms with E-state index in [1.54, 1.807) is 45.9 Å². The molecule has 0 saturated carbocycles. The topological polar surface area (TPSA) is 101 Å². The lowest BCUT2D eigenvalue weighted by Crippen LogP contribution is -2.15. The number of aromatic nitrogens is 3. The number of H-pyrrole nitrogens is 1. The van der Waals surface area contributed by atoms with Crippen molar-refractivity contribution < 1.29 is 12.8 Å². The average molecular weight is 381 g/mol. The Morgan fingerprint density at radius 3 is 2.52 bits per heavy atom. The maximum Gasteiger partial charge on any atom is 0.264 e. The van der Waals surface area contributed by atoms with E-state index in [4.69, 9.17) is 16.0 Å². The van der Waals surface area contributed by atoms with Crippen LogP contribution in [0.15, 0.2) is 27.5 Å². The van der Waals surface area contributed by atoms with Gasteiger partial charge in [-0.05, 0) is 38.5 Å². The smallest absolute Gasteiger partial charge is 0.264 e. The zero-order valence-electron chi connectivity index (χ0n) is 14.1. The first-order valence-corrected chi connectivity index (χ1v) is 9.34. The summed E-state index contributed by atoms with van der Waals surface area (Å²) < 4.78 is 33.8. The van der Waals surface area contributed by atoms with E-state index in [0.717, 1.165) is 5.56 Å². The number of nitrogens with one attached hydrogen (secondary N) is 2. The number of anilines is 1. The van der Waals surface area contributed by atoms with E-state index < -0.39 is 10.0 Å². The third-order valence-electron chi connectivity index (χ3n) is 3.82. The van der Waals surface area contributed by atoms with Gasteiger partial charge in [-0.1, -0.05) is 17.7 Å². The van der Waals surface area contributed by atoms with Crippen LogP contribution in [0.4, 0.5) is 5.69 Å². The Kier molecular flexibility index (Phi) is 4.34. The van der Waals surface area contributed by atoms with Crippen molar-refractivity contribution in [2.75, 3.05) is 4.72 Å². The molecule has 0 fully saturated rings. The number of sulfonamides is 1. The highest BCUT2D eigenvalue weighted by Crippen LogP contribution is 2.32. The number of halogens is 1. The van der Waals surface area contributed by atoms with E-state index in [9.17, 15) is 8.42 Å². The first-order chi connectivity index (χ1) is 11.7. The van der Waals surface area contributed by atoms with Crippen LogP contribution in [0.2, 0.25) is 5.02 Å². The Morgan fingerprint density at radius 1 is 1.16 bits per heavy atom. The molecule has 0 unspecified atom stereocenters. The fraction of sp³-hybridized carbons (Fsp3) is 0.250. The number of rotatable bonds is 4. The van der Waals surface area contributed by atoms with E-state index in [-0.39, 0.29) is 10.8 Å². The monoisotopic (exact) mass is 380 g/mol. The van der Waals surface area contributed by atoms with Gasteiger partial charge < -0.3 is 9.40 Å². The van der Waals surface area contributed by atoms with Gasteiger partial charge in [-0.25, -0.2) is 8.42 Å². The molecule has 0 aliphatic carbocycles. The van der Waals surface area contributed by atoms with E-state index in [2.05, 4.69) is 19.9 Å². The van der Waals surface area contributed by atoms with Gasteiger partial charge in [0.15, 0.2) is 0 Å². The molecular formula is C16H17ClN4O3S. The molecule has 2 heterocycles. The van der Waals surface area contributed by atoms with Crippen molar-refractivity contribution in [3.05, 3.63) is 45.9 Å². The normalized spacial score (nSPS) is 11.7. The van der Waals surface area contributed by atoms with Crippen molar-refractivity contribution in [3.8, 4) is 11.6 Å². The largest absolute Gasteiger partial charge is 0.420 e. The van der Waals surface area contributed by atoms with Gasteiger partial charge in [-0.3, -0.25) is 4.72 Å². The molecule has 0 aliphatic rings. The van der Waals surface area contributed by atoms with Crippen molar-refractivity contribution in [3.63, 3.8) is 0 Å². The third kappa shape index (κ3) is 3.27. The van der Waals surface area contributed by atoms with Gasteiger partial charge in [0.25, 0.3) is 15.9 Å². The minimum atomic E-state index is -3.82. The third-order valence-corrected chi connectivity index (χ3v) is 5.69. The lowest BCUT2D eigenvalue weighted by Gasteiger charge is -2.11. The van der Waals surface area contributed by atoms with Crippen LogP contribution in [-0.2, 0) is 10.0 Å². The van der Waals surface area contributed by atoms with E-state index in [1.165, 1.54) is 0 Å². The van der Waals surface area contributed by atoms with Gasteiger partial charge >= 0.3 is 0 Å². The number of aromatic amines is 1. The predicted octanol–water partition coefficient (Wildman–Crippen LogP) is 3.75. The second-order valence-electron chi connectivity index (χ2n) is 5.77. The number of hydrogen-bond donors (Lipinski definition) is 2. The number of aryl methyl sites for hydroxylation is 3. The summed E-state index contributed by atoms with van der Waals surface area (Å²) in [5.74, 6) is 0.650. The lowest BCUT2D eigenvalue weighted by molar-refractivity contribution is 0.531. The van der Waals surface area contributed by atoms with Crippen molar-refractivity contribution in [1.82, 2.24) is 15.2 Å². The Hall–Kier alpha value is -2.32. The van der Waals surface area contributed by atoms with E-state index in [0.29, 0.717) is 33.6 Å². The van der Waals surface area contributed by atoms with Crippen LogP contribution in [0.1, 0.15) is 22.7 Å². The fourth-order valence-electron chi connectivity index (χ4n) is 2.65. The average Bonchev–Trinajstić information content (AvgIpc) is 3.06. The molecular weight excluding hydrogens is 364 g/mol. The van der Waals surface area contributed by atoms with Crippen molar-refractivity contribution in [2.24, 2.45) is 0 Å². The Bertz CT molecular complexity index is 1050. The summed E-state index contributed by atoms with van der Waals surface area (Å²) in [6, 6.07) is 5.04. The van der Waals surface area contributed by atoms with Gasteiger partial charge in [0, 0.05) is 23.2 Å². The molecule has 3 aromatic rings. The van der Waals surface area contributed by atoms with Crippen LogP contribution in [0.25, 0.3) is 11.6 Å². The van der Waals surface area contributed by atoms with Gasteiger partial charge in [-0.15, -0.1) is 10.2 Å². The molecule has 7 nitrogen and oxygen atoms in total. The Morgan fingerprint density at radius 2 is 1.88 bits per heavy atom. The highest BCUT2D eigenvalue weighted by atomic mass is 35.5. The lowest BCUT2D eigenvalue weighted by atomic mass is 10.2. The van der Waals surface area contributed by atoms with Crippen molar-refractivity contribution >= 4 is 27.3 Å². The molecule has 1 aromatic carbocycles. The Balaban J connectivity index is 2.06. The van der Waals surface area contributed by atoms with Crippen molar-refractivity contribution in [1.29, 1.82) is 0 Å². The van der Waals surface area contributed by atoms with Crippen LogP contribution in [0.5, 0.6) is 0 Å². The molecule has 3 rings (SSSR count). The maximum absolute atomic E-state index is 12.9. The molecule has 0 spiro atoms. The van der Waals surface area contributed by atoms with Gasteiger partial charge in [0.05, 0.1) is 5.69 Å². The number of hydrogen-bond acceptors (Lipinski definition) is 5. The first-order valence-electron chi connectivity index (χ1n) is 7.47. The number of benzene rings is 1. The molecule has 2 N–H and O–H groups in total. The molecule has 0 atom stereocenters. The van der Waals surface area contributed by atoms with Gasteiger partial charge in [0.1, 0.15) is 10.6 Å². The second kappa shape index (κ2) is 6.20. The highest BCUT2D eigenvalue weighted by Gasteiger charge is 2.27. The zero-order valence-corrected chi connectivity index (χ0v) is 15.7. The molecule has 2 aromatic heterocycles. The Labute approximate surface area is 150 Å². The van der Waals surface area contributed by atoms with E-state index >= 15 is 0 Å². The predicted molar refractivity (Wildman–Crippen MR) is 95.3 cm³/mol. The maximum atomic E-state index is 12.9. The zero-order chi connectivity index (χ0) is 18.4. The summed E-state index contributed by atoms with van der Waals surface area (Å²) in [7, 11) is -3.82. The molecule has 0 amide bonds. The molecule has 9 heteroatoms. The summed E-state index contributed by atoms with van der Waals surface area (Å²) in [5.41, 5.74) is 2.68. The molecule has 0 radical (unpaired) electrons. The summed E-state index contributed by atoms with van der Waals surface area (Å²) in [5, 5.41) is 8.17. The van der Waals surface area contributed by atoms with Gasteiger partial charge in [-0.2, -0.15) is 0 Å². The minimum Gasteiger partial charge on any atom is -0.420 e. The SMILES string of the molecule is Cc1nnc(-c2[nH]c(C)c(S(=O)(=O)Nc3cc(Cl)ccc3C)c2C)o1. The highest BCUT2D eigenvalue weighted by molar-refractivity contribution is 7.92. The summed E-state index contributed by atoms with van der Waals surface area (Å²) in [4.78, 5) is 3.17. The van der Waals surface area contributed by atoms with E-state index in [1.807, 2.05) is 0 Å². The van der Waals surface area contributed by atoms with Crippen LogP contribution in [0.3, 0.4) is 0 Å². The van der Waals surface area contributed by atoms with Crippen LogP contribution >= 0.6 is 11.6 Å². The fourth-order valence-corrected chi connectivity index (χ4v) is 4.39. The molecule has 25 heavy (non-hydrogen) atoms. The molecule has 0 aliphatic heterocycles. The van der Waals surface area contributed by atoms with Crippen molar-refractivity contribution in [2.45, 2.75) is 32.6 Å². The van der Waals surface area contributed by atoms with Crippen LogP contribution < -0.4 is 4.72 Å². The molecule has 0 bridgehead atoms. The summed E-state index contributed by atoms with van der Waals surface area (Å²) in [6.07, 6.45) is 0.